The van der Waals surface area contributed by atoms with Gasteiger partial charge in [0, 0.05) is 19.1 Å². The first-order valence-electron chi connectivity index (χ1n) is 6.67. The molecule has 17 heavy (non-hydrogen) atoms. The first kappa shape index (κ1) is 13.3. The van der Waals surface area contributed by atoms with E-state index < -0.39 is 10.0 Å². The first-order chi connectivity index (χ1) is 7.97. The van der Waals surface area contributed by atoms with E-state index in [0.717, 1.165) is 25.7 Å². The molecule has 0 aromatic carbocycles. The molecule has 5 heteroatoms. The van der Waals surface area contributed by atoms with Crippen LogP contribution in [0.3, 0.4) is 0 Å². The van der Waals surface area contributed by atoms with Gasteiger partial charge in [-0.25, -0.2) is 12.7 Å². The van der Waals surface area contributed by atoms with Gasteiger partial charge in [-0.3, -0.25) is 0 Å². The lowest BCUT2D eigenvalue weighted by molar-refractivity contribution is 0.225. The fourth-order valence-electron chi connectivity index (χ4n) is 3.31. The summed E-state index contributed by atoms with van der Waals surface area (Å²) in [5, 5.41) is 0. The van der Waals surface area contributed by atoms with Crippen molar-refractivity contribution in [2.75, 3.05) is 19.3 Å². The van der Waals surface area contributed by atoms with Crippen molar-refractivity contribution in [3.8, 4) is 0 Å². The zero-order valence-corrected chi connectivity index (χ0v) is 11.5. The summed E-state index contributed by atoms with van der Waals surface area (Å²) in [6, 6.07) is 0.351. The summed E-state index contributed by atoms with van der Waals surface area (Å²) in [7, 11) is -3.00. The minimum absolute atomic E-state index is 0.351. The standard InChI is InChI=1S/C12H24N2O2S/c1-17(15,16)14-7-3-4-10(9-14)8-11-5-2-6-12(11)13/h10-12H,2-9,13H2,1H3. The summed E-state index contributed by atoms with van der Waals surface area (Å²) >= 11 is 0. The quantitative estimate of drug-likeness (QED) is 0.828. The van der Waals surface area contributed by atoms with Crippen LogP contribution in [-0.2, 0) is 10.0 Å². The van der Waals surface area contributed by atoms with Crippen molar-refractivity contribution in [1.29, 1.82) is 0 Å². The van der Waals surface area contributed by atoms with Crippen LogP contribution in [0, 0.1) is 11.8 Å². The van der Waals surface area contributed by atoms with E-state index in [1.54, 1.807) is 4.31 Å². The molecule has 0 spiro atoms. The lowest BCUT2D eigenvalue weighted by atomic mass is 9.87. The highest BCUT2D eigenvalue weighted by Crippen LogP contribution is 2.33. The van der Waals surface area contributed by atoms with Gasteiger partial charge in [-0.1, -0.05) is 6.42 Å². The highest BCUT2D eigenvalue weighted by Gasteiger charge is 2.31. The van der Waals surface area contributed by atoms with Gasteiger partial charge in [0.05, 0.1) is 6.26 Å². The van der Waals surface area contributed by atoms with Crippen LogP contribution in [0.2, 0.25) is 0 Å². The Morgan fingerprint density at radius 1 is 1.24 bits per heavy atom. The number of nitrogens with zero attached hydrogens (tertiary/aromatic N) is 1. The maximum atomic E-state index is 11.5. The maximum absolute atomic E-state index is 11.5. The molecule has 1 aliphatic carbocycles. The molecular weight excluding hydrogens is 236 g/mol. The van der Waals surface area contributed by atoms with Crippen LogP contribution in [0.5, 0.6) is 0 Å². The summed E-state index contributed by atoms with van der Waals surface area (Å²) in [6.45, 7) is 1.41. The van der Waals surface area contributed by atoms with E-state index in [1.807, 2.05) is 0 Å². The predicted octanol–water partition coefficient (Wildman–Crippen LogP) is 1.18. The Balaban J connectivity index is 1.89. The van der Waals surface area contributed by atoms with Crippen LogP contribution >= 0.6 is 0 Å². The Morgan fingerprint density at radius 3 is 2.59 bits per heavy atom. The normalized spacial score (nSPS) is 36.2. The minimum Gasteiger partial charge on any atom is -0.327 e. The molecule has 2 aliphatic rings. The number of rotatable bonds is 3. The second-order valence-corrected chi connectivity index (χ2v) is 7.70. The summed E-state index contributed by atoms with van der Waals surface area (Å²) in [5.74, 6) is 1.15. The summed E-state index contributed by atoms with van der Waals surface area (Å²) in [6.07, 6.45) is 8.22. The van der Waals surface area contributed by atoms with Gasteiger partial charge in [0.2, 0.25) is 10.0 Å². The van der Waals surface area contributed by atoms with Crippen molar-refractivity contribution >= 4 is 10.0 Å². The molecule has 0 bridgehead atoms. The molecule has 0 amide bonds. The molecule has 100 valence electrons. The van der Waals surface area contributed by atoms with Crippen LogP contribution in [0.15, 0.2) is 0 Å². The van der Waals surface area contributed by atoms with Crippen molar-refractivity contribution in [2.24, 2.45) is 17.6 Å². The van der Waals surface area contributed by atoms with Crippen LogP contribution < -0.4 is 5.73 Å². The molecule has 2 N–H and O–H groups in total. The van der Waals surface area contributed by atoms with Gasteiger partial charge in [0.25, 0.3) is 0 Å². The number of hydrogen-bond donors (Lipinski definition) is 1. The van der Waals surface area contributed by atoms with Gasteiger partial charge in [0.15, 0.2) is 0 Å². The molecular formula is C12H24N2O2S. The Hall–Kier alpha value is -0.130. The van der Waals surface area contributed by atoms with Gasteiger partial charge in [-0.15, -0.1) is 0 Å². The first-order valence-corrected chi connectivity index (χ1v) is 8.52. The monoisotopic (exact) mass is 260 g/mol. The van der Waals surface area contributed by atoms with E-state index >= 15 is 0 Å². The average molecular weight is 260 g/mol. The topological polar surface area (TPSA) is 63.4 Å². The zero-order chi connectivity index (χ0) is 12.5. The Labute approximate surface area is 105 Å². The lowest BCUT2D eigenvalue weighted by Gasteiger charge is -2.33. The molecule has 1 heterocycles. The highest BCUT2D eigenvalue weighted by molar-refractivity contribution is 7.88. The molecule has 3 atom stereocenters. The summed E-state index contributed by atoms with van der Waals surface area (Å²) in [4.78, 5) is 0. The third-order valence-corrected chi connectivity index (χ3v) is 5.57. The molecule has 0 radical (unpaired) electrons. The number of nitrogens with two attached hydrogens (primary N) is 1. The molecule has 0 aromatic rings. The third-order valence-electron chi connectivity index (χ3n) is 4.30. The fraction of sp³-hybridized carbons (Fsp3) is 1.00. The van der Waals surface area contributed by atoms with E-state index in [9.17, 15) is 8.42 Å². The highest BCUT2D eigenvalue weighted by atomic mass is 32.2. The van der Waals surface area contributed by atoms with Crippen molar-refractivity contribution in [3.05, 3.63) is 0 Å². The van der Waals surface area contributed by atoms with Crippen LogP contribution in [0.25, 0.3) is 0 Å². The van der Waals surface area contributed by atoms with Gasteiger partial charge in [-0.2, -0.15) is 0 Å². The minimum atomic E-state index is -3.00. The van der Waals surface area contributed by atoms with Crippen molar-refractivity contribution in [2.45, 2.75) is 44.6 Å². The van der Waals surface area contributed by atoms with E-state index in [2.05, 4.69) is 0 Å². The zero-order valence-electron chi connectivity index (χ0n) is 10.6. The van der Waals surface area contributed by atoms with Gasteiger partial charge >= 0.3 is 0 Å². The smallest absolute Gasteiger partial charge is 0.211 e. The second kappa shape index (κ2) is 5.24. The number of sulfonamides is 1. The van der Waals surface area contributed by atoms with Gasteiger partial charge < -0.3 is 5.73 Å². The predicted molar refractivity (Wildman–Crippen MR) is 69.1 cm³/mol. The summed E-state index contributed by atoms with van der Waals surface area (Å²) in [5.41, 5.74) is 6.08. The van der Waals surface area contributed by atoms with Crippen LogP contribution in [0.4, 0.5) is 0 Å². The number of piperidine rings is 1. The largest absolute Gasteiger partial charge is 0.327 e. The molecule has 1 aliphatic heterocycles. The van der Waals surface area contributed by atoms with Crippen LogP contribution in [-0.4, -0.2) is 38.1 Å². The van der Waals surface area contributed by atoms with Gasteiger partial charge in [-0.05, 0) is 43.9 Å². The molecule has 3 unspecified atom stereocenters. The fourth-order valence-corrected chi connectivity index (χ4v) is 4.25. The maximum Gasteiger partial charge on any atom is 0.211 e. The van der Waals surface area contributed by atoms with Crippen molar-refractivity contribution in [1.82, 2.24) is 4.31 Å². The SMILES string of the molecule is CS(=O)(=O)N1CCCC(CC2CCCC2N)C1. The molecule has 2 rings (SSSR count). The number of hydrogen-bond acceptors (Lipinski definition) is 3. The molecule has 1 saturated carbocycles. The molecule has 4 nitrogen and oxygen atoms in total. The lowest BCUT2D eigenvalue weighted by Crippen LogP contribution is -2.40. The van der Waals surface area contributed by atoms with E-state index in [0.29, 0.717) is 31.0 Å². The Morgan fingerprint density at radius 2 is 2.00 bits per heavy atom. The van der Waals surface area contributed by atoms with Crippen molar-refractivity contribution < 1.29 is 8.42 Å². The van der Waals surface area contributed by atoms with E-state index in [4.69, 9.17) is 5.73 Å². The van der Waals surface area contributed by atoms with E-state index in [-0.39, 0.29) is 0 Å². The van der Waals surface area contributed by atoms with E-state index in [1.165, 1.54) is 19.1 Å². The Bertz CT molecular complexity index is 356. The van der Waals surface area contributed by atoms with Crippen molar-refractivity contribution in [3.63, 3.8) is 0 Å². The Kier molecular flexibility index (Phi) is 4.10. The summed E-state index contributed by atoms with van der Waals surface area (Å²) < 4.78 is 24.7. The van der Waals surface area contributed by atoms with Gasteiger partial charge in [0.1, 0.15) is 0 Å². The average Bonchev–Trinajstić information content (AvgIpc) is 2.64. The van der Waals surface area contributed by atoms with Crippen LogP contribution in [0.1, 0.15) is 38.5 Å². The third kappa shape index (κ3) is 3.42. The molecule has 0 aromatic heterocycles. The second-order valence-electron chi connectivity index (χ2n) is 5.72. The molecule has 2 fully saturated rings. The molecule has 1 saturated heterocycles.